The number of rotatable bonds is 3. The van der Waals surface area contributed by atoms with Crippen molar-refractivity contribution < 1.29 is 8.78 Å². The highest BCUT2D eigenvalue weighted by Crippen LogP contribution is 2.29. The minimum absolute atomic E-state index is 0.326. The number of aromatic nitrogens is 1. The first-order valence-corrected chi connectivity index (χ1v) is 6.08. The maximum absolute atomic E-state index is 14.2. The van der Waals surface area contributed by atoms with Gasteiger partial charge in [0.25, 0.3) is 0 Å². The monoisotopic (exact) mass is 262 g/mol. The fourth-order valence-electron chi connectivity index (χ4n) is 2.37. The van der Waals surface area contributed by atoms with Gasteiger partial charge in [-0.3, -0.25) is 4.98 Å². The molecule has 19 heavy (non-hydrogen) atoms. The zero-order chi connectivity index (χ0) is 14.0. The largest absolute Gasteiger partial charge is 0.309 e. The summed E-state index contributed by atoms with van der Waals surface area (Å²) in [5.74, 6) is -0.769. The number of halogens is 2. The highest BCUT2D eigenvalue weighted by molar-refractivity contribution is 5.39. The number of benzene rings is 1. The van der Waals surface area contributed by atoms with Crippen LogP contribution >= 0.6 is 0 Å². The molecule has 1 atom stereocenters. The van der Waals surface area contributed by atoms with Gasteiger partial charge in [-0.15, -0.1) is 0 Å². The average molecular weight is 262 g/mol. The summed E-state index contributed by atoms with van der Waals surface area (Å²) >= 11 is 0. The number of nitrogens with zero attached hydrogens (tertiary/aromatic N) is 1. The minimum atomic E-state index is -0.524. The van der Waals surface area contributed by atoms with E-state index in [2.05, 4.69) is 10.3 Å². The highest BCUT2D eigenvalue weighted by atomic mass is 19.1. The van der Waals surface area contributed by atoms with Gasteiger partial charge in [0.1, 0.15) is 11.6 Å². The smallest absolute Gasteiger partial charge is 0.146 e. The number of hydrogen-bond acceptors (Lipinski definition) is 2. The zero-order valence-corrected chi connectivity index (χ0v) is 11.2. The van der Waals surface area contributed by atoms with Crippen molar-refractivity contribution in [2.45, 2.75) is 19.9 Å². The lowest BCUT2D eigenvalue weighted by atomic mass is 9.93. The van der Waals surface area contributed by atoms with E-state index in [4.69, 9.17) is 0 Å². The Bertz CT molecular complexity index is 573. The van der Waals surface area contributed by atoms with E-state index >= 15 is 0 Å². The van der Waals surface area contributed by atoms with Crippen LogP contribution < -0.4 is 5.32 Å². The summed E-state index contributed by atoms with van der Waals surface area (Å²) in [7, 11) is 1.68. The van der Waals surface area contributed by atoms with Crippen molar-refractivity contribution in [3.8, 4) is 0 Å². The lowest BCUT2D eigenvalue weighted by Crippen LogP contribution is -2.21. The molecular formula is C15H16F2N2. The zero-order valence-electron chi connectivity index (χ0n) is 11.2. The lowest BCUT2D eigenvalue weighted by Gasteiger charge is -2.21. The van der Waals surface area contributed by atoms with Crippen LogP contribution in [0.1, 0.15) is 28.3 Å². The lowest BCUT2D eigenvalue weighted by molar-refractivity contribution is 0.541. The van der Waals surface area contributed by atoms with Gasteiger partial charge in [-0.25, -0.2) is 8.78 Å². The van der Waals surface area contributed by atoms with Gasteiger partial charge in [-0.1, -0.05) is 6.07 Å². The SMILES string of the molecule is CNC(c1ccncc1F)c1c(C)cc(C)cc1F. The van der Waals surface area contributed by atoms with Gasteiger partial charge >= 0.3 is 0 Å². The Balaban J connectivity index is 2.58. The highest BCUT2D eigenvalue weighted by Gasteiger charge is 2.21. The van der Waals surface area contributed by atoms with Crippen LogP contribution in [-0.2, 0) is 0 Å². The molecule has 2 rings (SSSR count). The average Bonchev–Trinajstić information content (AvgIpc) is 2.34. The Morgan fingerprint density at radius 3 is 2.47 bits per heavy atom. The Labute approximate surface area is 111 Å². The van der Waals surface area contributed by atoms with Gasteiger partial charge in [-0.05, 0) is 44.2 Å². The van der Waals surface area contributed by atoms with Crippen molar-refractivity contribution >= 4 is 0 Å². The molecule has 0 aliphatic heterocycles. The molecule has 0 saturated heterocycles. The van der Waals surface area contributed by atoms with Crippen LogP contribution in [0.3, 0.4) is 0 Å². The maximum atomic E-state index is 14.2. The fourth-order valence-corrected chi connectivity index (χ4v) is 2.37. The summed E-state index contributed by atoms with van der Waals surface area (Å²) in [5.41, 5.74) is 2.51. The van der Waals surface area contributed by atoms with Crippen molar-refractivity contribution in [2.75, 3.05) is 7.05 Å². The molecule has 1 aromatic carbocycles. The Kier molecular flexibility index (Phi) is 3.90. The quantitative estimate of drug-likeness (QED) is 0.918. The summed E-state index contributed by atoms with van der Waals surface area (Å²) in [5, 5.41) is 2.97. The van der Waals surface area contributed by atoms with Gasteiger partial charge in [0.15, 0.2) is 0 Å². The normalized spacial score (nSPS) is 12.5. The van der Waals surface area contributed by atoms with Crippen molar-refractivity contribution in [3.63, 3.8) is 0 Å². The van der Waals surface area contributed by atoms with Crippen LogP contribution in [0.2, 0.25) is 0 Å². The third-order valence-corrected chi connectivity index (χ3v) is 3.17. The predicted molar refractivity (Wildman–Crippen MR) is 71.0 cm³/mol. The van der Waals surface area contributed by atoms with Gasteiger partial charge in [0.05, 0.1) is 12.2 Å². The van der Waals surface area contributed by atoms with E-state index in [-0.39, 0.29) is 5.82 Å². The second-order valence-corrected chi connectivity index (χ2v) is 4.60. The molecule has 0 amide bonds. The van der Waals surface area contributed by atoms with E-state index in [0.29, 0.717) is 11.1 Å². The summed E-state index contributed by atoms with van der Waals surface area (Å²) < 4.78 is 28.0. The van der Waals surface area contributed by atoms with Crippen molar-refractivity contribution in [1.82, 2.24) is 10.3 Å². The Morgan fingerprint density at radius 2 is 1.89 bits per heavy atom. The van der Waals surface area contributed by atoms with Crippen molar-refractivity contribution in [1.29, 1.82) is 0 Å². The number of pyridine rings is 1. The van der Waals surface area contributed by atoms with Crippen molar-refractivity contribution in [3.05, 3.63) is 64.5 Å². The molecule has 0 fully saturated rings. The Hall–Kier alpha value is -1.81. The number of aryl methyl sites for hydroxylation is 2. The molecule has 0 radical (unpaired) electrons. The second-order valence-electron chi connectivity index (χ2n) is 4.60. The van der Waals surface area contributed by atoms with Gasteiger partial charge in [0.2, 0.25) is 0 Å². The molecule has 4 heteroatoms. The summed E-state index contributed by atoms with van der Waals surface area (Å²) in [6, 6.07) is 4.40. The van der Waals surface area contributed by atoms with E-state index in [9.17, 15) is 8.78 Å². The van der Waals surface area contributed by atoms with E-state index in [0.717, 1.165) is 17.3 Å². The molecule has 1 heterocycles. The molecule has 100 valence electrons. The molecule has 0 saturated carbocycles. The maximum Gasteiger partial charge on any atom is 0.146 e. The standard InChI is InChI=1S/C15H16F2N2/c1-9-6-10(2)14(12(16)7-9)15(18-3)11-4-5-19-8-13(11)17/h4-8,15,18H,1-3H3. The molecule has 0 spiro atoms. The third kappa shape index (κ3) is 2.63. The van der Waals surface area contributed by atoms with E-state index in [1.807, 2.05) is 19.9 Å². The topological polar surface area (TPSA) is 24.9 Å². The third-order valence-electron chi connectivity index (χ3n) is 3.17. The molecule has 2 aromatic rings. The first-order chi connectivity index (χ1) is 9.04. The predicted octanol–water partition coefficient (Wildman–Crippen LogP) is 3.29. The van der Waals surface area contributed by atoms with Gasteiger partial charge in [-0.2, -0.15) is 0 Å². The Morgan fingerprint density at radius 1 is 1.16 bits per heavy atom. The van der Waals surface area contributed by atoms with E-state index in [1.54, 1.807) is 13.1 Å². The van der Waals surface area contributed by atoms with E-state index < -0.39 is 11.9 Å². The van der Waals surface area contributed by atoms with Crippen LogP contribution in [0.4, 0.5) is 8.78 Å². The molecule has 0 bridgehead atoms. The van der Waals surface area contributed by atoms with Crippen LogP contribution in [-0.4, -0.2) is 12.0 Å². The number of nitrogens with one attached hydrogen (secondary N) is 1. The van der Waals surface area contributed by atoms with Crippen LogP contribution in [0, 0.1) is 25.5 Å². The first-order valence-electron chi connectivity index (χ1n) is 6.08. The van der Waals surface area contributed by atoms with Gasteiger partial charge < -0.3 is 5.32 Å². The van der Waals surface area contributed by atoms with Crippen LogP contribution in [0.15, 0.2) is 30.6 Å². The second kappa shape index (κ2) is 5.45. The summed E-state index contributed by atoms with van der Waals surface area (Å²) in [4.78, 5) is 3.72. The molecule has 0 aliphatic carbocycles. The fraction of sp³-hybridized carbons (Fsp3) is 0.267. The van der Waals surface area contributed by atoms with E-state index in [1.165, 1.54) is 12.3 Å². The van der Waals surface area contributed by atoms with Crippen molar-refractivity contribution in [2.24, 2.45) is 0 Å². The number of hydrogen-bond donors (Lipinski definition) is 1. The molecule has 2 nitrogen and oxygen atoms in total. The van der Waals surface area contributed by atoms with Crippen LogP contribution in [0.5, 0.6) is 0 Å². The molecule has 0 aliphatic rings. The molecule has 1 unspecified atom stereocenters. The minimum Gasteiger partial charge on any atom is -0.309 e. The summed E-state index contributed by atoms with van der Waals surface area (Å²) in [6.45, 7) is 3.66. The van der Waals surface area contributed by atoms with Crippen LogP contribution in [0.25, 0.3) is 0 Å². The van der Waals surface area contributed by atoms with Gasteiger partial charge in [0, 0.05) is 17.3 Å². The molecule has 1 N–H and O–H groups in total. The first kappa shape index (κ1) is 13.6. The molecular weight excluding hydrogens is 246 g/mol. The molecule has 1 aromatic heterocycles. The summed E-state index contributed by atoms with van der Waals surface area (Å²) in [6.07, 6.45) is 2.64.